The largest absolute Gasteiger partial charge is 0.327 e. The predicted molar refractivity (Wildman–Crippen MR) is 53.5 cm³/mol. The molecule has 0 aromatic heterocycles. The van der Waals surface area contributed by atoms with Gasteiger partial charge < -0.3 is 5.73 Å². The second-order valence-corrected chi connectivity index (χ2v) is 5.73. The van der Waals surface area contributed by atoms with E-state index in [1.54, 1.807) is 0 Å². The van der Waals surface area contributed by atoms with Gasteiger partial charge in [-0.3, -0.25) is 4.21 Å². The number of hydrogen-bond donors (Lipinski definition) is 1. The van der Waals surface area contributed by atoms with Crippen molar-refractivity contribution in [1.82, 2.24) is 0 Å². The van der Waals surface area contributed by atoms with Gasteiger partial charge in [-0.1, -0.05) is 13.8 Å². The maximum absolute atomic E-state index is 11.6. The molecule has 1 rings (SSSR count). The fourth-order valence-electron chi connectivity index (χ4n) is 1.87. The summed E-state index contributed by atoms with van der Waals surface area (Å²) in [6.07, 6.45) is 3.32. The lowest BCUT2D eigenvalue weighted by atomic mass is 9.87. The van der Waals surface area contributed by atoms with Crippen LogP contribution in [-0.4, -0.2) is 21.3 Å². The lowest BCUT2D eigenvalue weighted by Gasteiger charge is -2.31. The third kappa shape index (κ3) is 2.30. The highest BCUT2D eigenvalue weighted by atomic mass is 32.2. The molecule has 0 radical (unpaired) electrons. The van der Waals surface area contributed by atoms with Crippen LogP contribution >= 0.6 is 0 Å². The molecule has 12 heavy (non-hydrogen) atoms. The van der Waals surface area contributed by atoms with Crippen LogP contribution in [0.4, 0.5) is 0 Å². The molecular formula is C9H19NOS. The molecule has 0 amide bonds. The Morgan fingerprint density at radius 2 is 2.17 bits per heavy atom. The molecule has 2 N–H and O–H groups in total. The van der Waals surface area contributed by atoms with E-state index >= 15 is 0 Å². The van der Waals surface area contributed by atoms with Gasteiger partial charge in [0.05, 0.1) is 5.25 Å². The lowest BCUT2D eigenvalue weighted by molar-refractivity contribution is 0.353. The Balaban J connectivity index is 2.54. The maximum atomic E-state index is 11.6. The molecule has 2 nitrogen and oxygen atoms in total. The van der Waals surface area contributed by atoms with Crippen molar-refractivity contribution in [3.63, 3.8) is 0 Å². The second-order valence-electron chi connectivity index (χ2n) is 3.79. The topological polar surface area (TPSA) is 43.1 Å². The molecule has 1 fully saturated rings. The van der Waals surface area contributed by atoms with Gasteiger partial charge in [0.1, 0.15) is 0 Å². The molecule has 72 valence electrons. The average Bonchev–Trinajstić information content (AvgIpc) is 2.08. The van der Waals surface area contributed by atoms with Gasteiger partial charge in [0, 0.05) is 22.6 Å². The van der Waals surface area contributed by atoms with Crippen molar-refractivity contribution in [3.8, 4) is 0 Å². The quantitative estimate of drug-likeness (QED) is 0.711. The van der Waals surface area contributed by atoms with Gasteiger partial charge in [-0.15, -0.1) is 0 Å². The van der Waals surface area contributed by atoms with Crippen molar-refractivity contribution in [2.45, 2.75) is 44.4 Å². The first-order valence-electron chi connectivity index (χ1n) is 4.78. The molecule has 4 unspecified atom stereocenters. The summed E-state index contributed by atoms with van der Waals surface area (Å²) in [6.45, 7) is 4.20. The summed E-state index contributed by atoms with van der Waals surface area (Å²) in [4.78, 5) is 0. The first-order chi connectivity index (χ1) is 5.65. The molecule has 0 spiro atoms. The summed E-state index contributed by atoms with van der Waals surface area (Å²) in [5.41, 5.74) is 5.92. The van der Waals surface area contributed by atoms with Gasteiger partial charge in [-0.25, -0.2) is 0 Å². The van der Waals surface area contributed by atoms with E-state index in [-0.39, 0.29) is 11.3 Å². The van der Waals surface area contributed by atoms with Crippen LogP contribution in [0, 0.1) is 5.92 Å². The van der Waals surface area contributed by atoms with Gasteiger partial charge in [-0.05, 0) is 25.2 Å². The van der Waals surface area contributed by atoms with E-state index in [4.69, 9.17) is 5.73 Å². The van der Waals surface area contributed by atoms with Crippen LogP contribution in [0.1, 0.15) is 33.1 Å². The van der Waals surface area contributed by atoms with Crippen LogP contribution in [0.25, 0.3) is 0 Å². The van der Waals surface area contributed by atoms with Crippen LogP contribution in [0.3, 0.4) is 0 Å². The van der Waals surface area contributed by atoms with Crippen molar-refractivity contribution in [2.24, 2.45) is 11.7 Å². The van der Waals surface area contributed by atoms with Crippen molar-refractivity contribution >= 4 is 10.8 Å². The molecule has 1 saturated carbocycles. The predicted octanol–water partition coefficient (Wildman–Crippen LogP) is 1.27. The van der Waals surface area contributed by atoms with E-state index in [0.717, 1.165) is 18.6 Å². The van der Waals surface area contributed by atoms with Crippen LogP contribution in [0.5, 0.6) is 0 Å². The Kier molecular flexibility index (Phi) is 3.72. The molecule has 4 atom stereocenters. The first-order valence-corrected chi connectivity index (χ1v) is 6.16. The zero-order valence-corrected chi connectivity index (χ0v) is 8.77. The number of hydrogen-bond acceptors (Lipinski definition) is 2. The fourth-order valence-corrected chi connectivity index (χ4v) is 3.37. The standard InChI is InChI=1S/C9H19NOS/c1-3-12(11)9-6-7(2)4-5-8(9)10/h7-9H,3-6,10H2,1-2H3. The molecule has 0 aliphatic heterocycles. The van der Waals surface area contributed by atoms with E-state index in [0.29, 0.717) is 5.92 Å². The Morgan fingerprint density at radius 1 is 1.50 bits per heavy atom. The summed E-state index contributed by atoms with van der Waals surface area (Å²) >= 11 is 0. The molecule has 1 aliphatic rings. The highest BCUT2D eigenvalue weighted by Crippen LogP contribution is 2.26. The molecule has 0 aromatic carbocycles. The number of rotatable bonds is 2. The van der Waals surface area contributed by atoms with Crippen LogP contribution in [-0.2, 0) is 10.8 Å². The van der Waals surface area contributed by atoms with Crippen molar-refractivity contribution in [3.05, 3.63) is 0 Å². The van der Waals surface area contributed by atoms with E-state index in [1.807, 2.05) is 6.92 Å². The van der Waals surface area contributed by atoms with Crippen LogP contribution in [0.15, 0.2) is 0 Å². The minimum absolute atomic E-state index is 0.182. The smallest absolute Gasteiger partial charge is 0.0501 e. The molecule has 0 bridgehead atoms. The second kappa shape index (κ2) is 4.38. The summed E-state index contributed by atoms with van der Waals surface area (Å²) in [5, 5.41) is 0.263. The van der Waals surface area contributed by atoms with Crippen molar-refractivity contribution in [2.75, 3.05) is 5.75 Å². The van der Waals surface area contributed by atoms with Crippen molar-refractivity contribution in [1.29, 1.82) is 0 Å². The third-order valence-corrected chi connectivity index (χ3v) is 4.51. The SMILES string of the molecule is CCS(=O)C1CC(C)CCC1N. The van der Waals surface area contributed by atoms with Gasteiger partial charge in [0.25, 0.3) is 0 Å². The summed E-state index contributed by atoms with van der Waals surface area (Å²) < 4.78 is 11.6. The van der Waals surface area contributed by atoms with Crippen LogP contribution in [0.2, 0.25) is 0 Å². The monoisotopic (exact) mass is 189 g/mol. The normalized spacial score (nSPS) is 39.4. The first kappa shape index (κ1) is 10.2. The van der Waals surface area contributed by atoms with Gasteiger partial charge in [0.2, 0.25) is 0 Å². The van der Waals surface area contributed by atoms with Gasteiger partial charge in [-0.2, -0.15) is 0 Å². The Morgan fingerprint density at radius 3 is 2.75 bits per heavy atom. The van der Waals surface area contributed by atoms with E-state index < -0.39 is 10.8 Å². The zero-order valence-electron chi connectivity index (χ0n) is 7.95. The lowest BCUT2D eigenvalue weighted by Crippen LogP contribution is -2.42. The zero-order chi connectivity index (χ0) is 9.14. The maximum Gasteiger partial charge on any atom is 0.0501 e. The molecular weight excluding hydrogens is 170 g/mol. The minimum atomic E-state index is -0.689. The molecule has 3 heteroatoms. The Bertz CT molecular complexity index is 172. The van der Waals surface area contributed by atoms with Gasteiger partial charge in [0.15, 0.2) is 0 Å². The molecule has 1 aliphatic carbocycles. The fraction of sp³-hybridized carbons (Fsp3) is 1.00. The summed E-state index contributed by atoms with van der Waals surface area (Å²) in [7, 11) is -0.689. The summed E-state index contributed by atoms with van der Waals surface area (Å²) in [6, 6.07) is 0.182. The highest BCUT2D eigenvalue weighted by Gasteiger charge is 2.29. The molecule has 0 aromatic rings. The highest BCUT2D eigenvalue weighted by molar-refractivity contribution is 7.85. The van der Waals surface area contributed by atoms with E-state index in [1.165, 1.54) is 6.42 Å². The molecule has 0 saturated heterocycles. The summed E-state index contributed by atoms with van der Waals surface area (Å²) in [5.74, 6) is 1.47. The van der Waals surface area contributed by atoms with E-state index in [2.05, 4.69) is 6.92 Å². The van der Waals surface area contributed by atoms with Crippen molar-refractivity contribution < 1.29 is 4.21 Å². The van der Waals surface area contributed by atoms with E-state index in [9.17, 15) is 4.21 Å². The number of nitrogens with two attached hydrogens (primary N) is 1. The third-order valence-electron chi connectivity index (χ3n) is 2.73. The average molecular weight is 189 g/mol. The Hall–Kier alpha value is 0.110. The van der Waals surface area contributed by atoms with Gasteiger partial charge >= 0.3 is 0 Å². The van der Waals surface area contributed by atoms with Crippen LogP contribution < -0.4 is 5.73 Å². The minimum Gasteiger partial charge on any atom is -0.327 e. The Labute approximate surface area is 77.4 Å². The molecule has 0 heterocycles.